The molecule has 4 heteroatoms. The molecule has 0 aliphatic heterocycles. The van der Waals surface area contributed by atoms with E-state index in [2.05, 4.69) is 0 Å². The van der Waals surface area contributed by atoms with Crippen LogP contribution in [0.2, 0.25) is 0 Å². The zero-order valence-corrected chi connectivity index (χ0v) is 8.67. The summed E-state index contributed by atoms with van der Waals surface area (Å²) in [7, 11) is 0. The van der Waals surface area contributed by atoms with E-state index in [1.54, 1.807) is 0 Å². The van der Waals surface area contributed by atoms with Crippen LogP contribution in [0.5, 0.6) is 0 Å². The Bertz CT molecular complexity index is 270. The van der Waals surface area contributed by atoms with Crippen LogP contribution in [0.4, 0.5) is 0 Å². The van der Waals surface area contributed by atoms with Gasteiger partial charge in [0.15, 0.2) is 0 Å². The molecule has 0 saturated carbocycles. The number of hydroxylamine groups is 3. The van der Waals surface area contributed by atoms with E-state index in [1.165, 1.54) is 0 Å². The number of aliphatic hydroxyl groups excluding tert-OH is 2. The molecule has 0 aromatic heterocycles. The normalized spacial score (nSPS) is 11.7. The van der Waals surface area contributed by atoms with E-state index >= 15 is 0 Å². The van der Waals surface area contributed by atoms with Gasteiger partial charge in [0.05, 0.1) is 13.2 Å². The van der Waals surface area contributed by atoms with Crippen molar-refractivity contribution in [1.82, 2.24) is 0 Å². The number of hydrogen-bond donors (Lipinski definition) is 2. The van der Waals surface area contributed by atoms with E-state index in [0.29, 0.717) is 6.54 Å². The first kappa shape index (κ1) is 12.1. The Morgan fingerprint density at radius 1 is 1.00 bits per heavy atom. The summed E-state index contributed by atoms with van der Waals surface area (Å²) in [5.74, 6) is 0. The Labute approximate surface area is 89.6 Å². The highest BCUT2D eigenvalue weighted by Crippen LogP contribution is 2.11. The molecule has 1 rings (SSSR count). The summed E-state index contributed by atoms with van der Waals surface area (Å²) in [5.41, 5.74) is 0.925. The summed E-state index contributed by atoms with van der Waals surface area (Å²) in [6.45, 7) is 0.222. The summed E-state index contributed by atoms with van der Waals surface area (Å²) >= 11 is 0. The molecule has 0 saturated heterocycles. The average Bonchev–Trinajstić information content (AvgIpc) is 2.19. The fourth-order valence-corrected chi connectivity index (χ4v) is 1.55. The van der Waals surface area contributed by atoms with Gasteiger partial charge in [-0.2, -0.15) is 0 Å². The lowest BCUT2D eigenvalue weighted by Crippen LogP contribution is -2.45. The zero-order chi connectivity index (χ0) is 11.1. The van der Waals surface area contributed by atoms with Crippen LogP contribution in [-0.2, 0) is 6.54 Å². The van der Waals surface area contributed by atoms with Crippen LogP contribution in [0.3, 0.4) is 0 Å². The predicted octanol–water partition coefficient (Wildman–Crippen LogP) is 0.486. The maximum Gasteiger partial charge on any atom is 0.104 e. The fourth-order valence-electron chi connectivity index (χ4n) is 1.55. The van der Waals surface area contributed by atoms with Gasteiger partial charge >= 0.3 is 0 Å². The Morgan fingerprint density at radius 2 is 1.53 bits per heavy atom. The molecule has 0 aliphatic carbocycles. The van der Waals surface area contributed by atoms with Gasteiger partial charge in [0.25, 0.3) is 0 Å². The van der Waals surface area contributed by atoms with Gasteiger partial charge in [-0.25, -0.2) is 0 Å². The van der Waals surface area contributed by atoms with E-state index in [1.807, 2.05) is 30.3 Å². The van der Waals surface area contributed by atoms with Crippen LogP contribution in [0.1, 0.15) is 5.56 Å². The highest BCUT2D eigenvalue weighted by Gasteiger charge is 2.15. The van der Waals surface area contributed by atoms with Gasteiger partial charge < -0.3 is 20.1 Å². The Kier molecular flexibility index (Phi) is 4.71. The second-order valence-electron chi connectivity index (χ2n) is 3.60. The second kappa shape index (κ2) is 5.82. The summed E-state index contributed by atoms with van der Waals surface area (Å²) in [6, 6.07) is 9.38. The largest absolute Gasteiger partial charge is 0.632 e. The Morgan fingerprint density at radius 3 is 2.00 bits per heavy atom. The van der Waals surface area contributed by atoms with Crippen molar-refractivity contribution < 1.29 is 14.9 Å². The van der Waals surface area contributed by atoms with Gasteiger partial charge in [-0.15, -0.1) is 0 Å². The molecule has 4 nitrogen and oxygen atoms in total. The van der Waals surface area contributed by atoms with E-state index in [9.17, 15) is 5.21 Å². The number of aliphatic hydroxyl groups is 2. The average molecular weight is 211 g/mol. The Balaban J connectivity index is 2.66. The van der Waals surface area contributed by atoms with E-state index in [4.69, 9.17) is 10.2 Å². The van der Waals surface area contributed by atoms with Crippen molar-refractivity contribution >= 4 is 0 Å². The zero-order valence-electron chi connectivity index (χ0n) is 8.67. The predicted molar refractivity (Wildman–Crippen MR) is 57.7 cm³/mol. The fraction of sp³-hybridized carbons (Fsp3) is 0.455. The molecule has 0 spiro atoms. The summed E-state index contributed by atoms with van der Waals surface area (Å²) in [6.07, 6.45) is 0. The van der Waals surface area contributed by atoms with Crippen molar-refractivity contribution in [3.63, 3.8) is 0 Å². The van der Waals surface area contributed by atoms with Crippen molar-refractivity contribution in [2.75, 3.05) is 26.3 Å². The maximum atomic E-state index is 12.1. The van der Waals surface area contributed by atoms with Crippen LogP contribution in [0.15, 0.2) is 30.3 Å². The number of rotatable bonds is 6. The van der Waals surface area contributed by atoms with Crippen LogP contribution >= 0.6 is 0 Å². The lowest BCUT2D eigenvalue weighted by molar-refractivity contribution is -0.894. The van der Waals surface area contributed by atoms with Crippen LogP contribution in [-0.4, -0.2) is 41.2 Å². The third-order valence-electron chi connectivity index (χ3n) is 2.33. The van der Waals surface area contributed by atoms with Crippen LogP contribution < -0.4 is 0 Å². The molecular weight excluding hydrogens is 194 g/mol. The third-order valence-corrected chi connectivity index (χ3v) is 2.33. The highest BCUT2D eigenvalue weighted by molar-refractivity contribution is 5.13. The molecule has 0 atom stereocenters. The molecule has 0 amide bonds. The van der Waals surface area contributed by atoms with E-state index < -0.39 is 4.65 Å². The van der Waals surface area contributed by atoms with Gasteiger partial charge in [0.2, 0.25) is 0 Å². The summed E-state index contributed by atoms with van der Waals surface area (Å²) in [4.78, 5) is 0. The molecule has 1 aromatic rings. The SMILES string of the molecule is [O-][N+](CCO)(CCO)Cc1ccccc1. The molecule has 0 radical (unpaired) electrons. The molecular formula is C11H17NO3. The third kappa shape index (κ3) is 3.97. The topological polar surface area (TPSA) is 63.5 Å². The van der Waals surface area contributed by atoms with Crippen LogP contribution in [0, 0.1) is 5.21 Å². The second-order valence-corrected chi connectivity index (χ2v) is 3.60. The first-order valence-electron chi connectivity index (χ1n) is 5.03. The number of benzene rings is 1. The van der Waals surface area contributed by atoms with Crippen molar-refractivity contribution in [2.24, 2.45) is 0 Å². The van der Waals surface area contributed by atoms with Crippen molar-refractivity contribution in [3.05, 3.63) is 41.1 Å². The van der Waals surface area contributed by atoms with Gasteiger partial charge in [0.1, 0.15) is 19.6 Å². The van der Waals surface area contributed by atoms with Gasteiger partial charge in [0, 0.05) is 5.56 Å². The van der Waals surface area contributed by atoms with Gasteiger partial charge in [-0.05, 0) is 0 Å². The molecule has 1 aromatic carbocycles. The van der Waals surface area contributed by atoms with Gasteiger partial charge in [-0.3, -0.25) is 0 Å². The molecule has 2 N–H and O–H groups in total. The van der Waals surface area contributed by atoms with Crippen molar-refractivity contribution in [2.45, 2.75) is 6.54 Å². The molecule has 84 valence electrons. The molecule has 15 heavy (non-hydrogen) atoms. The van der Waals surface area contributed by atoms with Crippen molar-refractivity contribution in [3.8, 4) is 0 Å². The minimum atomic E-state index is -0.572. The first-order chi connectivity index (χ1) is 7.20. The lowest BCUT2D eigenvalue weighted by atomic mass is 10.2. The van der Waals surface area contributed by atoms with Crippen LogP contribution in [0.25, 0.3) is 0 Å². The molecule has 0 aliphatic rings. The minimum Gasteiger partial charge on any atom is -0.632 e. The summed E-state index contributed by atoms with van der Waals surface area (Å²) in [5, 5.41) is 29.7. The molecule has 0 unspecified atom stereocenters. The van der Waals surface area contributed by atoms with Gasteiger partial charge in [-0.1, -0.05) is 30.3 Å². The van der Waals surface area contributed by atoms with E-state index in [-0.39, 0.29) is 26.3 Å². The Hall–Kier alpha value is -0.940. The smallest absolute Gasteiger partial charge is 0.104 e. The molecule has 0 bridgehead atoms. The highest BCUT2D eigenvalue weighted by atomic mass is 16.5. The quantitative estimate of drug-likeness (QED) is 0.531. The van der Waals surface area contributed by atoms with E-state index in [0.717, 1.165) is 5.56 Å². The van der Waals surface area contributed by atoms with Crippen molar-refractivity contribution in [1.29, 1.82) is 0 Å². The number of nitrogens with zero attached hydrogens (tertiary/aromatic N) is 1. The summed E-state index contributed by atoms with van der Waals surface area (Å²) < 4.78 is -0.572. The monoisotopic (exact) mass is 211 g/mol. The minimum absolute atomic E-state index is 0.120. The molecule has 0 heterocycles. The first-order valence-corrected chi connectivity index (χ1v) is 5.03. The standard InChI is InChI=1S/C11H17NO3/c13-8-6-12(15,7-9-14)10-11-4-2-1-3-5-11/h1-5,13-14H,6-10H2. The number of quaternary nitrogens is 1. The number of hydrogen-bond acceptors (Lipinski definition) is 3. The lowest BCUT2D eigenvalue weighted by Gasteiger charge is -2.42. The maximum absolute atomic E-state index is 12.1. The molecule has 0 fully saturated rings.